The Balaban J connectivity index is 1.56. The molecule has 1 amide bonds. The number of carbonyl (C=O) groups is 1. The molecule has 0 spiro atoms. The number of hydrogen-bond donors (Lipinski definition) is 0. The Kier molecular flexibility index (Phi) is 5.33. The second kappa shape index (κ2) is 7.84. The molecule has 0 N–H and O–H groups in total. The van der Waals surface area contributed by atoms with E-state index in [1.165, 1.54) is 6.26 Å². The number of rotatable bonds is 6. The molecule has 5 heteroatoms. The lowest BCUT2D eigenvalue weighted by atomic mass is 10.1. The molecular formula is C19H22N2O3. The van der Waals surface area contributed by atoms with Gasteiger partial charge in [0.2, 0.25) is 0 Å². The second-order valence-corrected chi connectivity index (χ2v) is 5.75. The van der Waals surface area contributed by atoms with Crippen LogP contribution in [-0.4, -0.2) is 48.5 Å². The van der Waals surface area contributed by atoms with Crippen LogP contribution in [0.25, 0.3) is 0 Å². The van der Waals surface area contributed by atoms with E-state index in [1.54, 1.807) is 18.2 Å². The molecule has 1 aliphatic heterocycles. The average molecular weight is 326 g/mol. The summed E-state index contributed by atoms with van der Waals surface area (Å²) in [5, 5.41) is 0. The summed E-state index contributed by atoms with van der Waals surface area (Å²) in [6, 6.07) is 11.5. The summed E-state index contributed by atoms with van der Waals surface area (Å²) in [4.78, 5) is 16.5. The highest BCUT2D eigenvalue weighted by atomic mass is 16.5. The number of nitrogens with zero attached hydrogens (tertiary/aromatic N) is 2. The van der Waals surface area contributed by atoms with E-state index in [1.807, 2.05) is 23.1 Å². The monoisotopic (exact) mass is 326 g/mol. The molecule has 1 fully saturated rings. The Morgan fingerprint density at radius 2 is 1.96 bits per heavy atom. The van der Waals surface area contributed by atoms with Gasteiger partial charge in [-0.3, -0.25) is 9.69 Å². The first kappa shape index (κ1) is 16.3. The van der Waals surface area contributed by atoms with Crippen LogP contribution in [-0.2, 0) is 6.54 Å². The quantitative estimate of drug-likeness (QED) is 0.766. The van der Waals surface area contributed by atoms with Crippen molar-refractivity contribution >= 4 is 5.91 Å². The van der Waals surface area contributed by atoms with Crippen LogP contribution in [0.5, 0.6) is 5.75 Å². The minimum atomic E-state index is -0.0330. The third-order valence-electron chi connectivity index (χ3n) is 4.11. The van der Waals surface area contributed by atoms with E-state index in [-0.39, 0.29) is 5.91 Å². The standard InChI is InChI=1S/C19H22N2O3/c1-2-13-23-17-7-4-3-6-16(17)15-20-9-11-21(12-10-20)19(22)18-8-5-14-24-18/h2-8,14H,1,9-13,15H2. The lowest BCUT2D eigenvalue weighted by molar-refractivity contribution is 0.0596. The van der Waals surface area contributed by atoms with Crippen LogP contribution in [0.3, 0.4) is 0 Å². The molecule has 2 aromatic rings. The van der Waals surface area contributed by atoms with Gasteiger partial charge in [0.05, 0.1) is 6.26 Å². The van der Waals surface area contributed by atoms with Crippen molar-refractivity contribution in [1.82, 2.24) is 9.80 Å². The molecule has 0 radical (unpaired) electrons. The van der Waals surface area contributed by atoms with Gasteiger partial charge in [0, 0.05) is 38.3 Å². The van der Waals surface area contributed by atoms with E-state index in [4.69, 9.17) is 9.15 Å². The maximum absolute atomic E-state index is 12.3. The molecule has 1 aromatic carbocycles. The van der Waals surface area contributed by atoms with Gasteiger partial charge < -0.3 is 14.1 Å². The zero-order chi connectivity index (χ0) is 16.8. The van der Waals surface area contributed by atoms with E-state index in [0.717, 1.165) is 30.9 Å². The van der Waals surface area contributed by atoms with Crippen molar-refractivity contribution in [3.8, 4) is 5.75 Å². The zero-order valence-corrected chi connectivity index (χ0v) is 13.7. The number of hydrogen-bond acceptors (Lipinski definition) is 4. The molecule has 1 saturated heterocycles. The van der Waals surface area contributed by atoms with Crippen LogP contribution in [0, 0.1) is 0 Å². The topological polar surface area (TPSA) is 45.9 Å². The zero-order valence-electron chi connectivity index (χ0n) is 13.7. The third-order valence-corrected chi connectivity index (χ3v) is 4.11. The summed E-state index contributed by atoms with van der Waals surface area (Å²) in [5.41, 5.74) is 1.16. The van der Waals surface area contributed by atoms with Crippen molar-refractivity contribution in [1.29, 1.82) is 0 Å². The van der Waals surface area contributed by atoms with Crippen LogP contribution in [0.2, 0.25) is 0 Å². The van der Waals surface area contributed by atoms with Crippen molar-refractivity contribution in [3.63, 3.8) is 0 Å². The van der Waals surface area contributed by atoms with Crippen LogP contribution < -0.4 is 4.74 Å². The van der Waals surface area contributed by atoms with E-state index in [0.29, 0.717) is 25.5 Å². The van der Waals surface area contributed by atoms with Crippen LogP contribution >= 0.6 is 0 Å². The van der Waals surface area contributed by atoms with Gasteiger partial charge >= 0.3 is 0 Å². The molecule has 0 saturated carbocycles. The number of furan rings is 1. The highest BCUT2D eigenvalue weighted by Gasteiger charge is 2.24. The number of piperazine rings is 1. The number of carbonyl (C=O) groups excluding carboxylic acids is 1. The van der Waals surface area contributed by atoms with Crippen molar-refractivity contribution < 1.29 is 13.9 Å². The predicted molar refractivity (Wildman–Crippen MR) is 92.0 cm³/mol. The Bertz CT molecular complexity index is 674. The van der Waals surface area contributed by atoms with Gasteiger partial charge in [0.25, 0.3) is 5.91 Å². The third kappa shape index (κ3) is 3.86. The molecule has 0 unspecified atom stereocenters. The first-order valence-corrected chi connectivity index (χ1v) is 8.14. The van der Waals surface area contributed by atoms with E-state index in [9.17, 15) is 4.79 Å². The average Bonchev–Trinajstić information content (AvgIpc) is 3.16. The molecule has 1 aromatic heterocycles. The maximum Gasteiger partial charge on any atom is 0.289 e. The second-order valence-electron chi connectivity index (χ2n) is 5.75. The predicted octanol–water partition coefficient (Wildman–Crippen LogP) is 2.80. The minimum absolute atomic E-state index is 0.0330. The van der Waals surface area contributed by atoms with Gasteiger partial charge in [-0.1, -0.05) is 30.9 Å². The van der Waals surface area contributed by atoms with Gasteiger partial charge in [-0.05, 0) is 18.2 Å². The number of para-hydroxylation sites is 1. The van der Waals surface area contributed by atoms with E-state index < -0.39 is 0 Å². The van der Waals surface area contributed by atoms with Gasteiger partial charge in [0.1, 0.15) is 12.4 Å². The summed E-state index contributed by atoms with van der Waals surface area (Å²) < 4.78 is 10.9. The van der Waals surface area contributed by atoms with Crippen molar-refractivity contribution in [2.45, 2.75) is 6.54 Å². The summed E-state index contributed by atoms with van der Waals surface area (Å²) in [6.45, 7) is 8.08. The minimum Gasteiger partial charge on any atom is -0.489 e. The van der Waals surface area contributed by atoms with Gasteiger partial charge in [-0.2, -0.15) is 0 Å². The Hall–Kier alpha value is -2.53. The Morgan fingerprint density at radius 3 is 2.67 bits per heavy atom. The molecule has 3 rings (SSSR count). The first-order chi connectivity index (χ1) is 11.8. The normalized spacial score (nSPS) is 15.2. The van der Waals surface area contributed by atoms with Crippen LogP contribution in [0.4, 0.5) is 0 Å². The van der Waals surface area contributed by atoms with Crippen molar-refractivity contribution in [2.75, 3.05) is 32.8 Å². The highest BCUT2D eigenvalue weighted by Crippen LogP contribution is 2.21. The van der Waals surface area contributed by atoms with Gasteiger partial charge in [-0.25, -0.2) is 0 Å². The summed E-state index contributed by atoms with van der Waals surface area (Å²) in [7, 11) is 0. The van der Waals surface area contributed by atoms with Gasteiger partial charge in [-0.15, -0.1) is 0 Å². The molecule has 0 atom stereocenters. The molecule has 5 nitrogen and oxygen atoms in total. The maximum atomic E-state index is 12.3. The largest absolute Gasteiger partial charge is 0.489 e. The summed E-state index contributed by atoms with van der Waals surface area (Å²) >= 11 is 0. The van der Waals surface area contributed by atoms with Crippen molar-refractivity contribution in [2.24, 2.45) is 0 Å². The number of amides is 1. The number of ether oxygens (including phenoxy) is 1. The smallest absolute Gasteiger partial charge is 0.289 e. The molecule has 126 valence electrons. The van der Waals surface area contributed by atoms with E-state index in [2.05, 4.69) is 17.5 Å². The highest BCUT2D eigenvalue weighted by molar-refractivity contribution is 5.91. The molecule has 24 heavy (non-hydrogen) atoms. The number of benzene rings is 1. The molecule has 0 bridgehead atoms. The molecule has 1 aliphatic rings. The van der Waals surface area contributed by atoms with Crippen molar-refractivity contribution in [3.05, 3.63) is 66.6 Å². The summed E-state index contributed by atoms with van der Waals surface area (Å²) in [6.07, 6.45) is 3.28. The lowest BCUT2D eigenvalue weighted by Gasteiger charge is -2.34. The van der Waals surface area contributed by atoms with Crippen LogP contribution in [0.15, 0.2) is 59.7 Å². The SMILES string of the molecule is C=CCOc1ccccc1CN1CCN(C(=O)c2ccco2)CC1. The Morgan fingerprint density at radius 1 is 1.17 bits per heavy atom. The van der Waals surface area contributed by atoms with E-state index >= 15 is 0 Å². The fourth-order valence-corrected chi connectivity index (χ4v) is 2.83. The van der Waals surface area contributed by atoms with Gasteiger partial charge in [0.15, 0.2) is 5.76 Å². The fourth-order valence-electron chi connectivity index (χ4n) is 2.83. The summed E-state index contributed by atoms with van der Waals surface area (Å²) in [5.74, 6) is 1.27. The molecular weight excluding hydrogens is 304 g/mol. The van der Waals surface area contributed by atoms with Crippen LogP contribution in [0.1, 0.15) is 16.1 Å². The fraction of sp³-hybridized carbons (Fsp3) is 0.316. The lowest BCUT2D eigenvalue weighted by Crippen LogP contribution is -2.48. The first-order valence-electron chi connectivity index (χ1n) is 8.14. The Labute approximate surface area is 142 Å². The molecule has 0 aliphatic carbocycles. The molecule has 2 heterocycles.